The highest BCUT2D eigenvalue weighted by Gasteiger charge is 2.58. The fourth-order valence-electron chi connectivity index (χ4n) is 5.97. The SMILES string of the molecule is COC(=O)[C@]1(C)CCC[C@@]2(C)[C@H]1CC[C@@H](CO)[C@@H]2CCC(=O)C(C)C. The molecule has 2 aliphatic carbocycles. The summed E-state index contributed by atoms with van der Waals surface area (Å²) in [6.45, 7) is 8.44. The number of esters is 1. The number of ketones is 1. The lowest BCUT2D eigenvalue weighted by Gasteiger charge is -2.59. The van der Waals surface area contributed by atoms with Gasteiger partial charge in [-0.2, -0.15) is 0 Å². The highest BCUT2D eigenvalue weighted by atomic mass is 16.5. The van der Waals surface area contributed by atoms with Crippen LogP contribution in [0.1, 0.15) is 72.6 Å². The van der Waals surface area contributed by atoms with Gasteiger partial charge in [-0.05, 0) is 62.2 Å². The Morgan fingerprint density at radius 2 is 1.88 bits per heavy atom. The van der Waals surface area contributed by atoms with Gasteiger partial charge in [0.2, 0.25) is 0 Å². The van der Waals surface area contributed by atoms with Gasteiger partial charge in [-0.1, -0.05) is 27.2 Å². The minimum atomic E-state index is -0.442. The highest BCUT2D eigenvalue weighted by Crippen LogP contribution is 2.62. The first kappa shape index (κ1) is 20.4. The van der Waals surface area contributed by atoms with Crippen LogP contribution in [0.3, 0.4) is 0 Å². The number of aliphatic hydroxyl groups is 1. The van der Waals surface area contributed by atoms with Crippen LogP contribution in [0.25, 0.3) is 0 Å². The van der Waals surface area contributed by atoms with Crippen LogP contribution >= 0.6 is 0 Å². The fourth-order valence-corrected chi connectivity index (χ4v) is 5.97. The van der Waals surface area contributed by atoms with Crippen molar-refractivity contribution in [3.05, 3.63) is 0 Å². The van der Waals surface area contributed by atoms with Crippen molar-refractivity contribution in [3.8, 4) is 0 Å². The van der Waals surface area contributed by atoms with Gasteiger partial charge >= 0.3 is 5.97 Å². The maximum Gasteiger partial charge on any atom is 0.311 e. The molecular weight excluding hydrogens is 316 g/mol. The highest BCUT2D eigenvalue weighted by molar-refractivity contribution is 5.80. The lowest BCUT2D eigenvalue weighted by atomic mass is 9.45. The third-order valence-electron chi connectivity index (χ3n) is 7.45. The zero-order chi connectivity index (χ0) is 18.8. The van der Waals surface area contributed by atoms with Crippen LogP contribution in [0.4, 0.5) is 0 Å². The van der Waals surface area contributed by atoms with Crippen LogP contribution in [-0.2, 0) is 14.3 Å². The summed E-state index contributed by atoms with van der Waals surface area (Å²) in [5.74, 6) is 1.07. The molecule has 0 aliphatic heterocycles. The van der Waals surface area contributed by atoms with E-state index in [1.54, 1.807) is 0 Å². The second-order valence-electron chi connectivity index (χ2n) is 9.11. The molecule has 0 unspecified atom stereocenters. The fraction of sp³-hybridized carbons (Fsp3) is 0.905. The van der Waals surface area contributed by atoms with Crippen LogP contribution in [0, 0.1) is 34.5 Å². The van der Waals surface area contributed by atoms with Gasteiger partial charge in [0.25, 0.3) is 0 Å². The number of rotatable bonds is 6. The van der Waals surface area contributed by atoms with E-state index in [9.17, 15) is 14.7 Å². The molecule has 2 aliphatic rings. The molecule has 2 fully saturated rings. The Kier molecular flexibility index (Phi) is 6.35. The molecule has 25 heavy (non-hydrogen) atoms. The Morgan fingerprint density at radius 3 is 2.44 bits per heavy atom. The topological polar surface area (TPSA) is 63.6 Å². The van der Waals surface area contributed by atoms with Crippen molar-refractivity contribution in [2.45, 2.75) is 72.6 Å². The smallest absolute Gasteiger partial charge is 0.311 e. The molecule has 4 heteroatoms. The van der Waals surface area contributed by atoms with Crippen molar-refractivity contribution < 1.29 is 19.4 Å². The zero-order valence-corrected chi connectivity index (χ0v) is 16.6. The van der Waals surface area contributed by atoms with Crippen LogP contribution in [0.5, 0.6) is 0 Å². The molecule has 0 heterocycles. The van der Waals surface area contributed by atoms with Gasteiger partial charge in [0.1, 0.15) is 5.78 Å². The number of hydrogen-bond acceptors (Lipinski definition) is 4. The third kappa shape index (κ3) is 3.65. The average Bonchev–Trinajstić information content (AvgIpc) is 2.58. The number of carbonyl (C=O) groups excluding carboxylic acids is 2. The molecule has 0 aromatic carbocycles. The first-order valence-electron chi connectivity index (χ1n) is 9.92. The molecule has 5 atom stereocenters. The van der Waals surface area contributed by atoms with E-state index >= 15 is 0 Å². The molecule has 0 bridgehead atoms. The second-order valence-corrected chi connectivity index (χ2v) is 9.11. The minimum absolute atomic E-state index is 0.00983. The molecule has 0 aromatic heterocycles. The normalized spacial score (nSPS) is 38.3. The Balaban J connectivity index is 2.29. The average molecular weight is 353 g/mol. The van der Waals surface area contributed by atoms with Gasteiger partial charge in [-0.15, -0.1) is 0 Å². The van der Waals surface area contributed by atoms with Crippen molar-refractivity contribution in [2.75, 3.05) is 13.7 Å². The van der Waals surface area contributed by atoms with Gasteiger partial charge in [-0.3, -0.25) is 9.59 Å². The van der Waals surface area contributed by atoms with Crippen LogP contribution in [0.15, 0.2) is 0 Å². The first-order valence-corrected chi connectivity index (χ1v) is 9.92. The number of hydrogen-bond donors (Lipinski definition) is 1. The summed E-state index contributed by atoms with van der Waals surface area (Å²) in [6, 6.07) is 0. The van der Waals surface area contributed by atoms with Crippen LogP contribution in [-0.4, -0.2) is 30.6 Å². The van der Waals surface area contributed by atoms with Gasteiger partial charge in [0.05, 0.1) is 12.5 Å². The summed E-state index contributed by atoms with van der Waals surface area (Å²) in [5.41, 5.74) is -0.452. The van der Waals surface area contributed by atoms with Gasteiger partial charge < -0.3 is 9.84 Å². The van der Waals surface area contributed by atoms with Crippen molar-refractivity contribution in [1.82, 2.24) is 0 Å². The molecule has 4 nitrogen and oxygen atoms in total. The van der Waals surface area contributed by atoms with Crippen LogP contribution in [0.2, 0.25) is 0 Å². The predicted octanol–water partition coefficient (Wildman–Crippen LogP) is 4.00. The van der Waals surface area contributed by atoms with Gasteiger partial charge in [0, 0.05) is 18.9 Å². The van der Waals surface area contributed by atoms with E-state index in [1.807, 2.05) is 13.8 Å². The molecule has 0 spiro atoms. The van der Waals surface area contributed by atoms with Crippen molar-refractivity contribution >= 4 is 11.8 Å². The largest absolute Gasteiger partial charge is 0.469 e. The zero-order valence-electron chi connectivity index (χ0n) is 16.6. The number of ether oxygens (including phenoxy) is 1. The summed E-state index contributed by atoms with van der Waals surface area (Å²) in [6.07, 6.45) is 6.25. The monoisotopic (exact) mass is 352 g/mol. The van der Waals surface area contributed by atoms with E-state index in [-0.39, 0.29) is 35.7 Å². The van der Waals surface area contributed by atoms with E-state index in [2.05, 4.69) is 13.8 Å². The standard InChI is InChI=1S/C21H36O4/c1-14(2)17(23)9-8-16-15(13-22)7-10-18-20(16,3)11-6-12-21(18,4)19(24)25-5/h14-16,18,22H,6-13H2,1-5H3/t15-,16-,18+,20+,21+/m0/s1. The molecule has 0 saturated heterocycles. The number of Topliss-reactive ketones (excluding diaryl/α,β-unsaturated/α-hetero) is 1. The van der Waals surface area contributed by atoms with Crippen LogP contribution < -0.4 is 0 Å². The second kappa shape index (κ2) is 7.77. The maximum absolute atomic E-state index is 12.6. The van der Waals surface area contributed by atoms with Gasteiger partial charge in [-0.25, -0.2) is 0 Å². The quantitative estimate of drug-likeness (QED) is 0.734. The van der Waals surface area contributed by atoms with E-state index in [4.69, 9.17) is 4.74 Å². The lowest BCUT2D eigenvalue weighted by Crippen LogP contribution is -2.55. The number of fused-ring (bicyclic) bond motifs is 1. The van der Waals surface area contributed by atoms with Crippen molar-refractivity contribution in [1.29, 1.82) is 0 Å². The summed E-state index contributed by atoms with van der Waals surface area (Å²) >= 11 is 0. The Morgan fingerprint density at radius 1 is 1.20 bits per heavy atom. The molecule has 0 amide bonds. The molecule has 0 radical (unpaired) electrons. The van der Waals surface area contributed by atoms with E-state index in [0.717, 1.165) is 38.5 Å². The minimum Gasteiger partial charge on any atom is -0.469 e. The number of aliphatic hydroxyl groups excluding tert-OH is 1. The molecule has 144 valence electrons. The summed E-state index contributed by atoms with van der Waals surface area (Å²) in [5, 5.41) is 9.95. The first-order chi connectivity index (χ1) is 11.7. The summed E-state index contributed by atoms with van der Waals surface area (Å²) in [4.78, 5) is 24.8. The Bertz CT molecular complexity index is 500. The number of carbonyl (C=O) groups is 2. The van der Waals surface area contributed by atoms with Crippen molar-refractivity contribution in [3.63, 3.8) is 0 Å². The Labute approximate surface area is 152 Å². The molecule has 1 N–H and O–H groups in total. The van der Waals surface area contributed by atoms with E-state index in [0.29, 0.717) is 18.1 Å². The lowest BCUT2D eigenvalue weighted by molar-refractivity contribution is -0.175. The van der Waals surface area contributed by atoms with E-state index < -0.39 is 5.41 Å². The number of methoxy groups -OCH3 is 1. The predicted molar refractivity (Wildman–Crippen MR) is 97.9 cm³/mol. The van der Waals surface area contributed by atoms with Gasteiger partial charge in [0.15, 0.2) is 0 Å². The molecule has 2 rings (SSSR count). The summed E-state index contributed by atoms with van der Waals surface area (Å²) in [7, 11) is 1.48. The molecule has 0 aromatic rings. The molecule has 2 saturated carbocycles. The maximum atomic E-state index is 12.6. The van der Waals surface area contributed by atoms with E-state index in [1.165, 1.54) is 7.11 Å². The third-order valence-corrected chi connectivity index (χ3v) is 7.45. The van der Waals surface area contributed by atoms with Crippen molar-refractivity contribution in [2.24, 2.45) is 34.5 Å². The Hall–Kier alpha value is -0.900. The summed E-state index contributed by atoms with van der Waals surface area (Å²) < 4.78 is 5.16. The molecular formula is C21H36O4.